The van der Waals surface area contributed by atoms with Gasteiger partial charge in [0, 0.05) is 36.0 Å². The molecule has 2 aromatic rings. The van der Waals surface area contributed by atoms with Gasteiger partial charge < -0.3 is 29.3 Å². The number of carbonyl (C=O) groups is 3. The van der Waals surface area contributed by atoms with E-state index in [0.717, 1.165) is 0 Å². The van der Waals surface area contributed by atoms with E-state index in [9.17, 15) is 19.5 Å². The average Bonchev–Trinajstić information content (AvgIpc) is 3.25. The second-order valence-corrected chi connectivity index (χ2v) is 10.7. The van der Waals surface area contributed by atoms with Gasteiger partial charge in [-0.1, -0.05) is 35.9 Å². The van der Waals surface area contributed by atoms with Gasteiger partial charge in [0.15, 0.2) is 0 Å². The first-order chi connectivity index (χ1) is 19.4. The summed E-state index contributed by atoms with van der Waals surface area (Å²) in [5, 5.41) is 10.4. The van der Waals surface area contributed by atoms with Crippen LogP contribution in [0.2, 0.25) is 5.02 Å². The van der Waals surface area contributed by atoms with Gasteiger partial charge in [-0.25, -0.2) is 0 Å². The number of rotatable bonds is 6. The number of β-amino-alcohol motifs (C(OH)–C–C–N with tert-alkyl or cyclic N) is 1. The number of anilines is 2. The molecule has 1 N–H and O–H groups in total. The Hall–Kier alpha value is -3.66. The molecule has 4 aliphatic heterocycles. The van der Waals surface area contributed by atoms with Crippen LogP contribution in [-0.2, 0) is 19.1 Å². The van der Waals surface area contributed by atoms with Crippen LogP contribution in [0.4, 0.5) is 11.4 Å². The van der Waals surface area contributed by atoms with Crippen molar-refractivity contribution in [3.63, 3.8) is 0 Å². The Labute approximate surface area is 237 Å². The van der Waals surface area contributed by atoms with Crippen LogP contribution >= 0.6 is 11.6 Å². The lowest BCUT2D eigenvalue weighted by atomic mass is 9.77. The molecule has 5 atom stereocenters. The molecule has 3 amide bonds. The number of ether oxygens (including phenoxy) is 2. The van der Waals surface area contributed by atoms with E-state index in [4.69, 9.17) is 21.1 Å². The molecule has 1 spiro atoms. The van der Waals surface area contributed by atoms with Crippen molar-refractivity contribution in [3.05, 3.63) is 77.9 Å². The van der Waals surface area contributed by atoms with Gasteiger partial charge in [-0.15, -0.1) is 0 Å². The van der Waals surface area contributed by atoms with E-state index >= 15 is 0 Å². The molecule has 0 aliphatic carbocycles. The van der Waals surface area contributed by atoms with E-state index in [1.165, 1.54) is 4.90 Å². The number of aliphatic hydroxyl groups is 1. The van der Waals surface area contributed by atoms with E-state index in [1.807, 2.05) is 49.4 Å². The number of fused-ring (bicyclic) bond motifs is 2. The summed E-state index contributed by atoms with van der Waals surface area (Å²) in [5.74, 6) is -2.04. The van der Waals surface area contributed by atoms with Gasteiger partial charge in [-0.05, 0) is 55.5 Å². The maximum Gasteiger partial charge on any atom is 0.253 e. The van der Waals surface area contributed by atoms with Crippen LogP contribution in [-0.4, -0.2) is 78.3 Å². The number of hydrogen-bond donors (Lipinski definition) is 1. The third kappa shape index (κ3) is 4.11. The minimum absolute atomic E-state index is 0.0524. The van der Waals surface area contributed by atoms with Crippen molar-refractivity contribution in [1.82, 2.24) is 4.90 Å². The minimum Gasteiger partial charge on any atom is -0.494 e. The van der Waals surface area contributed by atoms with Crippen molar-refractivity contribution in [1.29, 1.82) is 0 Å². The van der Waals surface area contributed by atoms with Crippen molar-refractivity contribution in [2.45, 2.75) is 24.7 Å². The molecular formula is C30H30ClN3O6. The van der Waals surface area contributed by atoms with Gasteiger partial charge >= 0.3 is 0 Å². The predicted molar refractivity (Wildman–Crippen MR) is 149 cm³/mol. The number of likely N-dealkylation sites (tertiary alicyclic amines) is 1. The number of amides is 3. The molecule has 208 valence electrons. The van der Waals surface area contributed by atoms with Crippen LogP contribution in [0.1, 0.15) is 6.92 Å². The highest BCUT2D eigenvalue weighted by Crippen LogP contribution is 2.53. The number of benzene rings is 2. The van der Waals surface area contributed by atoms with Crippen molar-refractivity contribution in [2.75, 3.05) is 42.6 Å². The van der Waals surface area contributed by atoms with Crippen molar-refractivity contribution >= 4 is 40.7 Å². The zero-order valence-corrected chi connectivity index (χ0v) is 22.7. The maximum absolute atomic E-state index is 14.2. The second kappa shape index (κ2) is 10.4. The first-order valence-corrected chi connectivity index (χ1v) is 13.8. The number of nitrogens with zero attached hydrogens (tertiary/aromatic N) is 3. The van der Waals surface area contributed by atoms with Gasteiger partial charge in [0.05, 0.1) is 31.2 Å². The molecule has 2 aromatic carbocycles. The normalized spacial score (nSPS) is 29.3. The largest absolute Gasteiger partial charge is 0.494 e. The summed E-state index contributed by atoms with van der Waals surface area (Å²) in [6.45, 7) is 2.63. The Bertz CT molecular complexity index is 1380. The van der Waals surface area contributed by atoms with Crippen LogP contribution in [0.3, 0.4) is 0 Å². The Morgan fingerprint density at radius 2 is 1.60 bits per heavy atom. The van der Waals surface area contributed by atoms with Gasteiger partial charge in [-0.3, -0.25) is 14.4 Å². The fourth-order valence-electron chi connectivity index (χ4n) is 6.46. The van der Waals surface area contributed by atoms with Crippen molar-refractivity contribution in [3.8, 4) is 5.75 Å². The molecule has 0 radical (unpaired) electrons. The monoisotopic (exact) mass is 563 g/mol. The summed E-state index contributed by atoms with van der Waals surface area (Å²) in [4.78, 5) is 47.0. The molecule has 9 nitrogen and oxygen atoms in total. The highest BCUT2D eigenvalue weighted by Gasteiger charge is 2.71. The summed E-state index contributed by atoms with van der Waals surface area (Å²) in [7, 11) is 0. The van der Waals surface area contributed by atoms with Gasteiger partial charge in [0.1, 0.15) is 17.4 Å². The van der Waals surface area contributed by atoms with Gasteiger partial charge in [0.25, 0.3) is 5.91 Å². The maximum atomic E-state index is 14.2. The summed E-state index contributed by atoms with van der Waals surface area (Å²) in [6, 6.07) is 13.1. The number of halogens is 1. The fraction of sp³-hybridized carbons (Fsp3) is 0.367. The highest BCUT2D eigenvalue weighted by atomic mass is 35.5. The van der Waals surface area contributed by atoms with Crippen LogP contribution in [0.15, 0.2) is 72.8 Å². The lowest BCUT2D eigenvalue weighted by molar-refractivity contribution is -0.141. The predicted octanol–water partition coefficient (Wildman–Crippen LogP) is 2.82. The van der Waals surface area contributed by atoms with Crippen LogP contribution in [0.25, 0.3) is 0 Å². The Balaban J connectivity index is 1.39. The second-order valence-electron chi connectivity index (χ2n) is 10.2. The zero-order chi connectivity index (χ0) is 28.0. The summed E-state index contributed by atoms with van der Waals surface area (Å²) in [5.41, 5.74) is -0.0575. The van der Waals surface area contributed by atoms with Crippen LogP contribution in [0, 0.1) is 11.8 Å². The minimum atomic E-state index is -1.36. The highest BCUT2D eigenvalue weighted by molar-refractivity contribution is 6.30. The van der Waals surface area contributed by atoms with E-state index in [0.29, 0.717) is 35.3 Å². The average molecular weight is 564 g/mol. The molecule has 2 saturated heterocycles. The Kier molecular flexibility index (Phi) is 6.90. The molecule has 4 aliphatic rings. The lowest BCUT2D eigenvalue weighted by Crippen LogP contribution is -2.55. The van der Waals surface area contributed by atoms with Gasteiger partial charge in [0.2, 0.25) is 11.8 Å². The van der Waals surface area contributed by atoms with E-state index in [2.05, 4.69) is 0 Å². The SMILES string of the molecule is CCOc1ccc(N2CC=C[C@@H]3O[C@]45C=CCN(c6ccc(Cl)cc6)C(=O)C4N(CCO)C(=O)[C@@H]5[C@@H]3C2=O)cc1. The molecule has 0 aromatic heterocycles. The molecule has 6 rings (SSSR count). The van der Waals surface area contributed by atoms with Crippen molar-refractivity contribution in [2.24, 2.45) is 11.8 Å². The molecule has 40 heavy (non-hydrogen) atoms. The molecule has 2 fully saturated rings. The van der Waals surface area contributed by atoms with E-state index in [1.54, 1.807) is 40.1 Å². The van der Waals surface area contributed by atoms with Crippen molar-refractivity contribution < 1.29 is 29.0 Å². The summed E-state index contributed by atoms with van der Waals surface area (Å²) >= 11 is 6.07. The third-order valence-electron chi connectivity index (χ3n) is 8.10. The Morgan fingerprint density at radius 3 is 2.27 bits per heavy atom. The number of hydrogen-bond acceptors (Lipinski definition) is 6. The molecule has 0 bridgehead atoms. The summed E-state index contributed by atoms with van der Waals surface area (Å²) in [6.07, 6.45) is 6.60. The molecule has 1 unspecified atom stereocenters. The Morgan fingerprint density at radius 1 is 0.950 bits per heavy atom. The quantitative estimate of drug-likeness (QED) is 0.543. The van der Waals surface area contributed by atoms with Gasteiger partial charge in [-0.2, -0.15) is 0 Å². The molecule has 4 heterocycles. The molecule has 0 saturated carbocycles. The first kappa shape index (κ1) is 26.6. The lowest BCUT2D eigenvalue weighted by Gasteiger charge is -2.35. The molecular weight excluding hydrogens is 534 g/mol. The standard InChI is InChI=1S/C30H30ClN3O6/c1-2-39-22-12-10-21(11-13-22)32-15-3-5-23-24(27(32)36)25-28(37)34(17-18-35)26-29(38)33(16-4-14-30(25,26)40-23)20-8-6-19(31)7-9-20/h3-14,23-26,35H,2,15-18H2,1H3/t23-,24+,25-,26?,30-/m0/s1. The number of aliphatic hydroxyl groups excluding tert-OH is 1. The summed E-state index contributed by atoms with van der Waals surface area (Å²) < 4.78 is 12.2. The smallest absolute Gasteiger partial charge is 0.253 e. The fourth-order valence-corrected chi connectivity index (χ4v) is 6.58. The van der Waals surface area contributed by atoms with E-state index in [-0.39, 0.29) is 37.4 Å². The number of carbonyl (C=O) groups excluding carboxylic acids is 3. The first-order valence-electron chi connectivity index (χ1n) is 13.4. The van der Waals surface area contributed by atoms with Crippen LogP contribution < -0.4 is 14.5 Å². The van der Waals surface area contributed by atoms with E-state index < -0.39 is 29.6 Å². The van der Waals surface area contributed by atoms with Crippen LogP contribution in [0.5, 0.6) is 5.75 Å². The zero-order valence-electron chi connectivity index (χ0n) is 22.0. The molecule has 10 heteroatoms. The topological polar surface area (TPSA) is 99.6 Å². The third-order valence-corrected chi connectivity index (χ3v) is 8.35.